The van der Waals surface area contributed by atoms with Gasteiger partial charge in [0.05, 0.1) is 12.8 Å². The van der Waals surface area contributed by atoms with Gasteiger partial charge in [0.2, 0.25) is 0 Å². The van der Waals surface area contributed by atoms with Crippen LogP contribution in [0.3, 0.4) is 0 Å². The Morgan fingerprint density at radius 1 is 1.16 bits per heavy atom. The molecule has 0 radical (unpaired) electrons. The summed E-state index contributed by atoms with van der Waals surface area (Å²) in [7, 11) is 1.38. The first kappa shape index (κ1) is 17.2. The molecule has 0 bridgehead atoms. The van der Waals surface area contributed by atoms with E-state index in [0.29, 0.717) is 11.0 Å². The first-order valence-corrected chi connectivity index (χ1v) is 8.66. The lowest BCUT2D eigenvalue weighted by Gasteiger charge is -2.14. The molecule has 3 rings (SSSR count). The zero-order valence-electron chi connectivity index (χ0n) is 14.2. The van der Waals surface area contributed by atoms with E-state index in [1.165, 1.54) is 18.9 Å². The van der Waals surface area contributed by atoms with Crippen molar-refractivity contribution in [3.05, 3.63) is 54.4 Å². The number of hydrogen-bond acceptors (Lipinski definition) is 6. The molecule has 0 spiro atoms. The number of hydrogen-bond donors (Lipinski definition) is 0. The topological polar surface area (TPSA) is 69.9 Å². The van der Waals surface area contributed by atoms with Crippen LogP contribution in [0.1, 0.15) is 12.5 Å². The van der Waals surface area contributed by atoms with Gasteiger partial charge >= 0.3 is 5.97 Å². The molecule has 2 aromatic heterocycles. The SMILES string of the molecule is COC(=O)[C@H](C)Sc1nnc(-c2ccncc2)n1-c1ccccc1C. The summed E-state index contributed by atoms with van der Waals surface area (Å²) in [6.07, 6.45) is 3.44. The predicted octanol–water partition coefficient (Wildman–Crippen LogP) is 3.29. The van der Waals surface area contributed by atoms with E-state index in [4.69, 9.17) is 4.74 Å². The minimum atomic E-state index is -0.387. The number of carbonyl (C=O) groups is 1. The summed E-state index contributed by atoms with van der Waals surface area (Å²) in [4.78, 5) is 15.9. The van der Waals surface area contributed by atoms with E-state index in [9.17, 15) is 4.79 Å². The van der Waals surface area contributed by atoms with Crippen LogP contribution in [0.5, 0.6) is 0 Å². The van der Waals surface area contributed by atoms with Crippen LogP contribution in [-0.2, 0) is 9.53 Å². The fraction of sp³-hybridized carbons (Fsp3) is 0.222. The van der Waals surface area contributed by atoms with Gasteiger partial charge < -0.3 is 4.74 Å². The molecule has 0 fully saturated rings. The lowest BCUT2D eigenvalue weighted by molar-refractivity contribution is -0.139. The van der Waals surface area contributed by atoms with Crippen molar-refractivity contribution < 1.29 is 9.53 Å². The van der Waals surface area contributed by atoms with Gasteiger partial charge in [0.25, 0.3) is 0 Å². The Bertz CT molecular complexity index is 880. The molecule has 0 aliphatic rings. The molecule has 0 unspecified atom stereocenters. The van der Waals surface area contributed by atoms with Gasteiger partial charge in [-0.25, -0.2) is 0 Å². The Kier molecular flexibility index (Phi) is 5.14. The predicted molar refractivity (Wildman–Crippen MR) is 96.7 cm³/mol. The van der Waals surface area contributed by atoms with E-state index in [1.807, 2.05) is 47.9 Å². The van der Waals surface area contributed by atoms with Crippen LogP contribution < -0.4 is 0 Å². The van der Waals surface area contributed by atoms with Crippen LogP contribution in [-0.4, -0.2) is 38.1 Å². The van der Waals surface area contributed by atoms with Crippen molar-refractivity contribution in [3.63, 3.8) is 0 Å². The fourth-order valence-electron chi connectivity index (χ4n) is 2.44. The smallest absolute Gasteiger partial charge is 0.318 e. The van der Waals surface area contributed by atoms with E-state index in [0.717, 1.165) is 16.8 Å². The molecule has 0 N–H and O–H groups in total. The number of ether oxygens (including phenoxy) is 1. The quantitative estimate of drug-likeness (QED) is 0.517. The Balaban J connectivity index is 2.12. The molecule has 0 saturated heterocycles. The molecule has 6 nitrogen and oxygen atoms in total. The largest absolute Gasteiger partial charge is 0.468 e. The average Bonchev–Trinajstić information content (AvgIpc) is 3.05. The minimum Gasteiger partial charge on any atom is -0.468 e. The first-order chi connectivity index (χ1) is 12.1. The number of rotatable bonds is 5. The van der Waals surface area contributed by atoms with Crippen molar-refractivity contribution in [2.45, 2.75) is 24.3 Å². The van der Waals surface area contributed by atoms with Crippen LogP contribution in [0.25, 0.3) is 17.1 Å². The van der Waals surface area contributed by atoms with Gasteiger partial charge in [0.15, 0.2) is 11.0 Å². The molecule has 1 atom stereocenters. The van der Waals surface area contributed by atoms with Gasteiger partial charge in [-0.05, 0) is 37.6 Å². The van der Waals surface area contributed by atoms with Crippen molar-refractivity contribution in [2.75, 3.05) is 7.11 Å². The molecule has 128 valence electrons. The summed E-state index contributed by atoms with van der Waals surface area (Å²) in [6.45, 7) is 3.82. The van der Waals surface area contributed by atoms with Gasteiger partial charge in [-0.15, -0.1) is 10.2 Å². The molecule has 0 aliphatic carbocycles. The number of benzene rings is 1. The van der Waals surface area contributed by atoms with Crippen LogP contribution in [0, 0.1) is 6.92 Å². The lowest BCUT2D eigenvalue weighted by atomic mass is 10.2. The Morgan fingerprint density at radius 2 is 1.88 bits per heavy atom. The number of aryl methyl sites for hydroxylation is 1. The fourth-order valence-corrected chi connectivity index (χ4v) is 3.32. The van der Waals surface area contributed by atoms with Crippen LogP contribution in [0.15, 0.2) is 53.9 Å². The molecule has 2 heterocycles. The normalized spacial score (nSPS) is 12.0. The second-order valence-corrected chi connectivity index (χ2v) is 6.76. The lowest BCUT2D eigenvalue weighted by Crippen LogP contribution is -2.15. The standard InChI is InChI=1S/C18H18N4O2S/c1-12-6-4-5-7-15(12)22-16(14-8-10-19-11-9-14)20-21-18(22)25-13(2)17(23)24-3/h4-11,13H,1-3H3/t13-/m0/s1. The number of thioether (sulfide) groups is 1. The molecule has 25 heavy (non-hydrogen) atoms. The maximum atomic E-state index is 11.8. The number of carbonyl (C=O) groups excluding carboxylic acids is 1. The van der Waals surface area contributed by atoms with Gasteiger partial charge in [0.1, 0.15) is 5.25 Å². The number of nitrogens with zero attached hydrogens (tertiary/aromatic N) is 4. The maximum absolute atomic E-state index is 11.8. The molecule has 0 aliphatic heterocycles. The number of para-hydroxylation sites is 1. The summed E-state index contributed by atoms with van der Waals surface area (Å²) in [5.41, 5.74) is 2.97. The summed E-state index contributed by atoms with van der Waals surface area (Å²) >= 11 is 1.32. The van der Waals surface area contributed by atoms with E-state index in [-0.39, 0.29) is 11.2 Å². The first-order valence-electron chi connectivity index (χ1n) is 7.78. The van der Waals surface area contributed by atoms with Gasteiger partial charge in [-0.2, -0.15) is 0 Å². The van der Waals surface area contributed by atoms with E-state index in [1.54, 1.807) is 19.3 Å². The van der Waals surface area contributed by atoms with Crippen LogP contribution in [0.2, 0.25) is 0 Å². The Hall–Kier alpha value is -2.67. The highest BCUT2D eigenvalue weighted by atomic mass is 32.2. The van der Waals surface area contributed by atoms with Crippen LogP contribution in [0.4, 0.5) is 0 Å². The Labute approximate surface area is 150 Å². The van der Waals surface area contributed by atoms with E-state index < -0.39 is 0 Å². The summed E-state index contributed by atoms with van der Waals surface area (Å²) in [5.74, 6) is 0.408. The average molecular weight is 354 g/mol. The number of methoxy groups -OCH3 is 1. The molecular weight excluding hydrogens is 336 g/mol. The highest BCUT2D eigenvalue weighted by molar-refractivity contribution is 8.00. The summed E-state index contributed by atoms with van der Waals surface area (Å²) in [6, 6.07) is 11.8. The van der Waals surface area contributed by atoms with Gasteiger partial charge in [-0.1, -0.05) is 30.0 Å². The monoisotopic (exact) mass is 354 g/mol. The second-order valence-electron chi connectivity index (χ2n) is 5.45. The molecule has 1 aromatic carbocycles. The third-order valence-corrected chi connectivity index (χ3v) is 4.76. The van der Waals surface area contributed by atoms with Crippen LogP contribution >= 0.6 is 11.8 Å². The molecule has 0 amide bonds. The molecule has 0 saturated carbocycles. The second kappa shape index (κ2) is 7.48. The number of aromatic nitrogens is 4. The number of esters is 1. The zero-order chi connectivity index (χ0) is 17.8. The van der Waals surface area contributed by atoms with E-state index >= 15 is 0 Å². The van der Waals surface area contributed by atoms with Crippen molar-refractivity contribution in [1.29, 1.82) is 0 Å². The van der Waals surface area contributed by atoms with Crippen molar-refractivity contribution in [2.24, 2.45) is 0 Å². The highest BCUT2D eigenvalue weighted by Crippen LogP contribution is 2.31. The van der Waals surface area contributed by atoms with Crippen molar-refractivity contribution >= 4 is 17.7 Å². The highest BCUT2D eigenvalue weighted by Gasteiger charge is 2.22. The molecular formula is C18H18N4O2S. The van der Waals surface area contributed by atoms with Gasteiger partial charge in [0, 0.05) is 18.0 Å². The van der Waals surface area contributed by atoms with Crippen molar-refractivity contribution in [1.82, 2.24) is 19.7 Å². The van der Waals surface area contributed by atoms with Gasteiger partial charge in [-0.3, -0.25) is 14.3 Å². The molecule has 7 heteroatoms. The molecule has 3 aromatic rings. The minimum absolute atomic E-state index is 0.296. The zero-order valence-corrected chi connectivity index (χ0v) is 15.0. The third-order valence-electron chi connectivity index (χ3n) is 3.74. The summed E-state index contributed by atoms with van der Waals surface area (Å²) in [5, 5.41) is 8.92. The Morgan fingerprint density at radius 3 is 2.56 bits per heavy atom. The maximum Gasteiger partial charge on any atom is 0.318 e. The summed E-state index contributed by atoms with van der Waals surface area (Å²) < 4.78 is 6.79. The van der Waals surface area contributed by atoms with E-state index in [2.05, 4.69) is 15.2 Å². The number of pyridine rings is 1. The third kappa shape index (κ3) is 3.56. The van der Waals surface area contributed by atoms with Crippen molar-refractivity contribution in [3.8, 4) is 17.1 Å².